The number of aldehydes is 1. The number of rotatable bonds is 2. The Morgan fingerprint density at radius 3 is 1.91 bits per heavy atom. The number of fused-ring (bicyclic) bond motifs is 1. The van der Waals surface area contributed by atoms with Crippen LogP contribution in [0.15, 0.2) is 0 Å². The Balaban J connectivity index is 0.000000110. The molecule has 2 aliphatic carbocycles. The van der Waals surface area contributed by atoms with E-state index in [0.29, 0.717) is 12.3 Å². The molecule has 0 spiro atoms. The fraction of sp³-hybridized carbons (Fsp3) is 0.900. The van der Waals surface area contributed by atoms with Crippen molar-refractivity contribution in [2.45, 2.75) is 39.5 Å². The zero-order valence-corrected chi connectivity index (χ0v) is 7.55. The standard InChI is InChI=1S/C5H10O.C5H8/c1-5(2)3-4-6;1-2-5-3-4(1)5/h4-5H,3H2,1-2H3;4-5H,1-3H2. The highest BCUT2D eigenvalue weighted by Crippen LogP contribution is 2.55. The minimum atomic E-state index is 0.530. The van der Waals surface area contributed by atoms with Gasteiger partial charge in [-0.1, -0.05) is 13.8 Å². The smallest absolute Gasteiger partial charge is 0.120 e. The highest BCUT2D eigenvalue weighted by Gasteiger charge is 2.44. The van der Waals surface area contributed by atoms with E-state index in [1.165, 1.54) is 11.8 Å². The van der Waals surface area contributed by atoms with Crippen LogP contribution in [0.25, 0.3) is 0 Å². The van der Waals surface area contributed by atoms with Gasteiger partial charge >= 0.3 is 0 Å². The van der Waals surface area contributed by atoms with Crippen molar-refractivity contribution in [3.05, 3.63) is 0 Å². The molecule has 2 atom stereocenters. The predicted octanol–water partition coefficient (Wildman–Crippen LogP) is 2.65. The molecular formula is C10H18O. The number of carbonyl (C=O) groups is 1. The van der Waals surface area contributed by atoms with E-state index in [-0.39, 0.29) is 0 Å². The summed E-state index contributed by atoms with van der Waals surface area (Å²) in [5.74, 6) is 2.99. The molecule has 2 saturated carbocycles. The van der Waals surface area contributed by atoms with Crippen LogP contribution in [0.5, 0.6) is 0 Å². The Labute approximate surface area is 69.2 Å². The molecule has 0 aliphatic heterocycles. The molecule has 2 unspecified atom stereocenters. The Morgan fingerprint density at radius 1 is 1.36 bits per heavy atom. The first-order valence-electron chi connectivity index (χ1n) is 4.67. The van der Waals surface area contributed by atoms with Crippen LogP contribution in [0.2, 0.25) is 0 Å². The molecule has 0 aromatic rings. The Hall–Kier alpha value is -0.330. The van der Waals surface area contributed by atoms with Gasteiger partial charge in [0, 0.05) is 6.42 Å². The van der Waals surface area contributed by atoms with Crippen molar-refractivity contribution in [1.82, 2.24) is 0 Å². The quantitative estimate of drug-likeness (QED) is 0.559. The first-order chi connectivity index (χ1) is 5.24. The minimum absolute atomic E-state index is 0.530. The fourth-order valence-electron chi connectivity index (χ4n) is 1.38. The summed E-state index contributed by atoms with van der Waals surface area (Å²) in [5, 5.41) is 0. The molecule has 0 N–H and O–H groups in total. The monoisotopic (exact) mass is 154 g/mol. The lowest BCUT2D eigenvalue weighted by Gasteiger charge is -2.04. The van der Waals surface area contributed by atoms with Gasteiger partial charge in [-0.05, 0) is 37.0 Å². The molecule has 0 heterocycles. The van der Waals surface area contributed by atoms with Crippen molar-refractivity contribution in [3.63, 3.8) is 0 Å². The van der Waals surface area contributed by atoms with Crippen LogP contribution in [0.1, 0.15) is 39.5 Å². The van der Waals surface area contributed by atoms with E-state index in [9.17, 15) is 4.79 Å². The van der Waals surface area contributed by atoms with Crippen LogP contribution in [0.4, 0.5) is 0 Å². The number of hydrogen-bond donors (Lipinski definition) is 0. The van der Waals surface area contributed by atoms with Gasteiger partial charge < -0.3 is 4.79 Å². The second-order valence-electron chi connectivity index (χ2n) is 4.13. The summed E-state index contributed by atoms with van der Waals surface area (Å²) in [6.45, 7) is 4.04. The van der Waals surface area contributed by atoms with Crippen molar-refractivity contribution in [3.8, 4) is 0 Å². The van der Waals surface area contributed by atoms with Gasteiger partial charge in [-0.2, -0.15) is 0 Å². The van der Waals surface area contributed by atoms with E-state index in [1.54, 1.807) is 19.3 Å². The Bertz CT molecular complexity index is 117. The lowest BCUT2D eigenvalue weighted by atomic mass is 10.0. The van der Waals surface area contributed by atoms with Crippen LogP contribution < -0.4 is 0 Å². The van der Waals surface area contributed by atoms with Crippen LogP contribution in [0, 0.1) is 17.8 Å². The topological polar surface area (TPSA) is 17.1 Å². The fourth-order valence-corrected chi connectivity index (χ4v) is 1.38. The summed E-state index contributed by atoms with van der Waals surface area (Å²) in [4.78, 5) is 9.62. The summed E-state index contributed by atoms with van der Waals surface area (Å²) in [5.41, 5.74) is 0. The van der Waals surface area contributed by atoms with E-state index >= 15 is 0 Å². The maximum Gasteiger partial charge on any atom is 0.120 e. The van der Waals surface area contributed by atoms with Gasteiger partial charge in [-0.15, -0.1) is 0 Å². The molecule has 11 heavy (non-hydrogen) atoms. The number of hydrogen-bond acceptors (Lipinski definition) is 1. The highest BCUT2D eigenvalue weighted by molar-refractivity contribution is 5.49. The first-order valence-corrected chi connectivity index (χ1v) is 4.67. The molecule has 1 heteroatoms. The third-order valence-electron chi connectivity index (χ3n) is 2.54. The van der Waals surface area contributed by atoms with Crippen molar-refractivity contribution < 1.29 is 4.79 Å². The molecule has 0 aromatic heterocycles. The van der Waals surface area contributed by atoms with Gasteiger partial charge in [-0.25, -0.2) is 0 Å². The average molecular weight is 154 g/mol. The second-order valence-corrected chi connectivity index (χ2v) is 4.13. The average Bonchev–Trinajstić information content (AvgIpc) is 2.40. The molecular weight excluding hydrogens is 136 g/mol. The largest absolute Gasteiger partial charge is 0.303 e. The molecule has 0 amide bonds. The van der Waals surface area contributed by atoms with Gasteiger partial charge in [0.15, 0.2) is 0 Å². The van der Waals surface area contributed by atoms with E-state index < -0.39 is 0 Å². The third kappa shape index (κ3) is 3.04. The zero-order valence-electron chi connectivity index (χ0n) is 7.55. The lowest BCUT2D eigenvalue weighted by Crippen LogP contribution is -1.93. The van der Waals surface area contributed by atoms with E-state index in [1.807, 2.05) is 13.8 Å². The van der Waals surface area contributed by atoms with Crippen molar-refractivity contribution in [2.24, 2.45) is 17.8 Å². The molecule has 0 radical (unpaired) electrons. The second kappa shape index (κ2) is 3.89. The lowest BCUT2D eigenvalue weighted by molar-refractivity contribution is -0.108. The molecule has 0 saturated heterocycles. The molecule has 0 aromatic carbocycles. The maximum atomic E-state index is 9.62. The van der Waals surface area contributed by atoms with Crippen molar-refractivity contribution in [2.75, 3.05) is 0 Å². The molecule has 2 rings (SSSR count). The summed E-state index contributed by atoms with van der Waals surface area (Å²) in [6, 6.07) is 0. The summed E-state index contributed by atoms with van der Waals surface area (Å²) in [6.07, 6.45) is 6.35. The zero-order chi connectivity index (χ0) is 8.27. The molecule has 64 valence electrons. The van der Waals surface area contributed by atoms with Crippen molar-refractivity contribution in [1.29, 1.82) is 0 Å². The van der Waals surface area contributed by atoms with Crippen LogP contribution in [0.3, 0.4) is 0 Å². The van der Waals surface area contributed by atoms with Crippen LogP contribution in [-0.2, 0) is 4.79 Å². The molecule has 2 aliphatic rings. The summed E-state index contributed by atoms with van der Waals surface area (Å²) >= 11 is 0. The Kier molecular flexibility index (Phi) is 3.10. The van der Waals surface area contributed by atoms with Gasteiger partial charge in [0.25, 0.3) is 0 Å². The van der Waals surface area contributed by atoms with Crippen LogP contribution in [-0.4, -0.2) is 6.29 Å². The van der Waals surface area contributed by atoms with Crippen LogP contribution >= 0.6 is 0 Å². The first kappa shape index (κ1) is 8.76. The Morgan fingerprint density at radius 2 is 1.91 bits per heavy atom. The summed E-state index contributed by atoms with van der Waals surface area (Å²) < 4.78 is 0. The van der Waals surface area contributed by atoms with E-state index in [2.05, 4.69) is 0 Å². The van der Waals surface area contributed by atoms with Gasteiger partial charge in [0.05, 0.1) is 0 Å². The summed E-state index contributed by atoms with van der Waals surface area (Å²) in [7, 11) is 0. The van der Waals surface area contributed by atoms with Gasteiger partial charge in [0.2, 0.25) is 0 Å². The highest BCUT2D eigenvalue weighted by atomic mass is 16.1. The predicted molar refractivity (Wildman–Crippen MR) is 46.4 cm³/mol. The molecule has 0 bridgehead atoms. The van der Waals surface area contributed by atoms with Gasteiger partial charge in [-0.3, -0.25) is 0 Å². The normalized spacial score (nSPS) is 31.2. The third-order valence-corrected chi connectivity index (χ3v) is 2.54. The molecule has 2 fully saturated rings. The van der Waals surface area contributed by atoms with E-state index in [0.717, 1.165) is 6.29 Å². The van der Waals surface area contributed by atoms with Gasteiger partial charge in [0.1, 0.15) is 6.29 Å². The molecule has 1 nitrogen and oxygen atoms in total. The maximum absolute atomic E-state index is 9.62. The van der Waals surface area contributed by atoms with E-state index in [4.69, 9.17) is 0 Å². The SMILES string of the molecule is C1CC2CC12.CC(C)CC=O. The minimum Gasteiger partial charge on any atom is -0.303 e. The van der Waals surface area contributed by atoms with Crippen molar-refractivity contribution >= 4 is 6.29 Å². The number of carbonyl (C=O) groups excluding carboxylic acids is 1.